The smallest absolute Gasteiger partial charge is 0.224 e. The molecule has 17 heavy (non-hydrogen) atoms. The quantitative estimate of drug-likeness (QED) is 0.848. The third-order valence-electron chi connectivity index (χ3n) is 2.06. The van der Waals surface area contributed by atoms with Gasteiger partial charge in [-0.25, -0.2) is 4.98 Å². The molecule has 4 nitrogen and oxygen atoms in total. The zero-order chi connectivity index (χ0) is 12.8. The number of methoxy groups -OCH3 is 1. The van der Waals surface area contributed by atoms with E-state index in [1.54, 1.807) is 19.4 Å². The van der Waals surface area contributed by atoms with Crippen molar-refractivity contribution in [2.24, 2.45) is 5.92 Å². The van der Waals surface area contributed by atoms with E-state index in [4.69, 9.17) is 16.3 Å². The lowest BCUT2D eigenvalue weighted by Crippen LogP contribution is -2.17. The Morgan fingerprint density at radius 3 is 3.06 bits per heavy atom. The predicted octanol–water partition coefficient (Wildman–Crippen LogP) is 3.11. The van der Waals surface area contributed by atoms with Gasteiger partial charge in [-0.2, -0.15) is 0 Å². The van der Waals surface area contributed by atoms with E-state index in [9.17, 15) is 4.79 Å². The molecule has 1 amide bonds. The minimum absolute atomic E-state index is 0.101. The molecule has 1 N–H and O–H groups in total. The summed E-state index contributed by atoms with van der Waals surface area (Å²) in [6, 6.07) is 1.72. The lowest BCUT2D eigenvalue weighted by atomic mass is 10.1. The van der Waals surface area contributed by atoms with E-state index in [1.807, 2.05) is 6.92 Å². The van der Waals surface area contributed by atoms with Gasteiger partial charge in [0, 0.05) is 30.8 Å². The minimum atomic E-state index is -0.101. The van der Waals surface area contributed by atoms with E-state index in [-0.39, 0.29) is 17.0 Å². The van der Waals surface area contributed by atoms with Crippen LogP contribution in [0.4, 0.5) is 5.69 Å². The van der Waals surface area contributed by atoms with Crippen LogP contribution in [0.15, 0.2) is 16.7 Å². The maximum atomic E-state index is 11.7. The Labute approximate surface area is 114 Å². The van der Waals surface area contributed by atoms with Gasteiger partial charge in [-0.3, -0.25) is 4.79 Å². The Balaban J connectivity index is 2.58. The lowest BCUT2D eigenvalue weighted by molar-refractivity contribution is -0.117. The number of pyridine rings is 1. The van der Waals surface area contributed by atoms with E-state index in [0.717, 1.165) is 4.47 Å². The summed E-state index contributed by atoms with van der Waals surface area (Å²) in [6.45, 7) is 2.50. The third kappa shape index (κ3) is 5.02. The molecule has 1 atom stereocenters. The Hall–Kier alpha value is -0.650. The maximum Gasteiger partial charge on any atom is 0.224 e. The van der Waals surface area contributed by atoms with Gasteiger partial charge in [0.05, 0.1) is 5.69 Å². The van der Waals surface area contributed by atoms with Gasteiger partial charge in [0.1, 0.15) is 0 Å². The van der Waals surface area contributed by atoms with Gasteiger partial charge < -0.3 is 10.1 Å². The molecular weight excluding hydrogens is 307 g/mol. The molecular formula is C11H14BrClN2O2. The molecule has 0 spiro atoms. The van der Waals surface area contributed by atoms with Crippen molar-refractivity contribution in [1.29, 1.82) is 0 Å². The number of anilines is 1. The molecule has 0 aliphatic carbocycles. The van der Waals surface area contributed by atoms with Crippen molar-refractivity contribution >= 4 is 39.1 Å². The molecule has 0 radical (unpaired) electrons. The Kier molecular flexibility index (Phi) is 5.88. The highest BCUT2D eigenvalue weighted by Crippen LogP contribution is 2.23. The Morgan fingerprint density at radius 2 is 2.41 bits per heavy atom. The number of ether oxygens (including phenoxy) is 1. The third-order valence-corrected chi connectivity index (χ3v) is 2.80. The summed E-state index contributed by atoms with van der Waals surface area (Å²) in [5.41, 5.74) is 0.510. The monoisotopic (exact) mass is 320 g/mol. The SMILES string of the molecule is COCC(C)CC(=O)Nc1cc(Br)cnc1Cl. The van der Waals surface area contributed by atoms with Crippen molar-refractivity contribution in [2.75, 3.05) is 19.0 Å². The van der Waals surface area contributed by atoms with Crippen molar-refractivity contribution < 1.29 is 9.53 Å². The number of hydrogen-bond donors (Lipinski definition) is 1. The minimum Gasteiger partial charge on any atom is -0.384 e. The topological polar surface area (TPSA) is 51.2 Å². The highest BCUT2D eigenvalue weighted by molar-refractivity contribution is 9.10. The van der Waals surface area contributed by atoms with Crippen LogP contribution >= 0.6 is 27.5 Å². The first-order valence-electron chi connectivity index (χ1n) is 5.12. The van der Waals surface area contributed by atoms with Crippen molar-refractivity contribution in [3.63, 3.8) is 0 Å². The summed E-state index contributed by atoms with van der Waals surface area (Å²) in [6.07, 6.45) is 1.96. The fourth-order valence-electron chi connectivity index (χ4n) is 1.37. The second kappa shape index (κ2) is 6.93. The standard InChI is InChI=1S/C11H14BrClN2O2/c1-7(6-17-2)3-10(16)15-9-4-8(12)5-14-11(9)13/h4-5,7H,3,6H2,1-2H3,(H,15,16). The molecule has 0 saturated carbocycles. The zero-order valence-corrected chi connectivity index (χ0v) is 12.0. The van der Waals surface area contributed by atoms with Gasteiger partial charge >= 0.3 is 0 Å². The van der Waals surface area contributed by atoms with Crippen molar-refractivity contribution in [2.45, 2.75) is 13.3 Å². The first-order valence-corrected chi connectivity index (χ1v) is 6.30. The fourth-order valence-corrected chi connectivity index (χ4v) is 1.85. The first kappa shape index (κ1) is 14.4. The summed E-state index contributed by atoms with van der Waals surface area (Å²) < 4.78 is 5.74. The number of amides is 1. The molecule has 1 aromatic heterocycles. The largest absolute Gasteiger partial charge is 0.384 e. The first-order chi connectivity index (χ1) is 8.02. The normalized spacial score (nSPS) is 12.2. The van der Waals surface area contributed by atoms with Crippen LogP contribution < -0.4 is 5.32 Å². The van der Waals surface area contributed by atoms with Crippen molar-refractivity contribution in [3.8, 4) is 0 Å². The van der Waals surface area contributed by atoms with E-state index < -0.39 is 0 Å². The number of hydrogen-bond acceptors (Lipinski definition) is 3. The molecule has 1 heterocycles. The molecule has 6 heteroatoms. The van der Waals surface area contributed by atoms with Crippen LogP contribution in [0.2, 0.25) is 5.15 Å². The molecule has 0 aliphatic rings. The van der Waals surface area contributed by atoms with Crippen LogP contribution in [-0.2, 0) is 9.53 Å². The number of nitrogens with zero attached hydrogens (tertiary/aromatic N) is 1. The van der Waals surface area contributed by atoms with Gasteiger partial charge in [-0.05, 0) is 27.9 Å². The highest BCUT2D eigenvalue weighted by Gasteiger charge is 2.11. The van der Waals surface area contributed by atoms with E-state index in [1.165, 1.54) is 0 Å². The van der Waals surface area contributed by atoms with Gasteiger partial charge in [-0.15, -0.1) is 0 Å². The summed E-state index contributed by atoms with van der Waals surface area (Å²) in [7, 11) is 1.61. The Morgan fingerprint density at radius 1 is 1.71 bits per heavy atom. The van der Waals surface area contributed by atoms with Gasteiger partial charge in [0.15, 0.2) is 5.15 Å². The fraction of sp³-hybridized carbons (Fsp3) is 0.455. The Bertz CT molecular complexity index is 401. The highest BCUT2D eigenvalue weighted by atomic mass is 79.9. The number of halogens is 2. The van der Waals surface area contributed by atoms with Gasteiger partial charge in [0.2, 0.25) is 5.91 Å². The maximum absolute atomic E-state index is 11.7. The number of carbonyl (C=O) groups is 1. The van der Waals surface area contributed by atoms with E-state index >= 15 is 0 Å². The number of nitrogens with one attached hydrogen (secondary N) is 1. The zero-order valence-electron chi connectivity index (χ0n) is 9.67. The van der Waals surface area contributed by atoms with Gasteiger partial charge in [0.25, 0.3) is 0 Å². The van der Waals surface area contributed by atoms with Gasteiger partial charge in [-0.1, -0.05) is 18.5 Å². The molecule has 1 rings (SSSR count). The molecule has 1 aromatic rings. The molecule has 0 aromatic carbocycles. The van der Waals surface area contributed by atoms with Crippen LogP contribution in [-0.4, -0.2) is 24.6 Å². The molecule has 0 saturated heterocycles. The molecule has 0 aliphatic heterocycles. The van der Waals surface area contributed by atoms with E-state index in [0.29, 0.717) is 18.7 Å². The summed E-state index contributed by atoms with van der Waals surface area (Å²) >= 11 is 9.14. The summed E-state index contributed by atoms with van der Waals surface area (Å²) in [5.74, 6) is 0.0650. The summed E-state index contributed by atoms with van der Waals surface area (Å²) in [5, 5.41) is 3.00. The average Bonchev–Trinajstić information content (AvgIpc) is 2.23. The van der Waals surface area contributed by atoms with Crippen LogP contribution in [0.5, 0.6) is 0 Å². The van der Waals surface area contributed by atoms with E-state index in [2.05, 4.69) is 26.2 Å². The molecule has 0 fully saturated rings. The second-order valence-electron chi connectivity index (χ2n) is 3.80. The van der Waals surface area contributed by atoms with Crippen LogP contribution in [0.1, 0.15) is 13.3 Å². The lowest BCUT2D eigenvalue weighted by Gasteiger charge is -2.11. The van der Waals surface area contributed by atoms with Crippen LogP contribution in [0, 0.1) is 5.92 Å². The van der Waals surface area contributed by atoms with Crippen molar-refractivity contribution in [3.05, 3.63) is 21.9 Å². The molecule has 1 unspecified atom stereocenters. The average molecular weight is 322 g/mol. The number of carbonyl (C=O) groups excluding carboxylic acids is 1. The van der Waals surface area contributed by atoms with Crippen LogP contribution in [0.3, 0.4) is 0 Å². The van der Waals surface area contributed by atoms with Crippen LogP contribution in [0.25, 0.3) is 0 Å². The predicted molar refractivity (Wildman–Crippen MR) is 71.2 cm³/mol. The summed E-state index contributed by atoms with van der Waals surface area (Å²) in [4.78, 5) is 15.6. The second-order valence-corrected chi connectivity index (χ2v) is 5.08. The molecule has 94 valence electrons. The number of rotatable bonds is 5. The molecule has 0 bridgehead atoms. The number of aromatic nitrogens is 1. The van der Waals surface area contributed by atoms with Crippen molar-refractivity contribution in [1.82, 2.24) is 4.98 Å².